The second kappa shape index (κ2) is 1.78. The van der Waals surface area contributed by atoms with E-state index in [9.17, 15) is 0 Å². The van der Waals surface area contributed by atoms with Gasteiger partial charge in [-0.3, -0.25) is 4.70 Å². The minimum absolute atomic E-state index is 0. The number of rotatable bonds is 0. The van der Waals surface area contributed by atoms with Crippen molar-refractivity contribution in [1.82, 2.24) is 0 Å². The monoisotopic (exact) mass is 128 g/mol. The molecule has 42 valence electrons. The Morgan fingerprint density at radius 3 is 1.88 bits per heavy atom. The van der Waals surface area contributed by atoms with Gasteiger partial charge in [0.05, 0.1) is 0 Å². The summed E-state index contributed by atoms with van der Waals surface area (Å²) in [5.41, 5.74) is 0. The third-order valence-electron chi connectivity index (χ3n) is 1.03. The van der Waals surface area contributed by atoms with Crippen LogP contribution in [0.5, 0.6) is 0 Å². The highest BCUT2D eigenvalue weighted by atomic mass is 32.2. The number of fused-ring (bicyclic) bond motifs is 1. The molecule has 0 aromatic heterocycles. The van der Waals surface area contributed by atoms with Crippen LogP contribution in [-0.2, 0) is 0 Å². The lowest BCUT2D eigenvalue weighted by molar-refractivity contribution is 1.11. The first kappa shape index (κ1) is 5.63. The van der Waals surface area contributed by atoms with Crippen molar-refractivity contribution in [3.05, 3.63) is 24.3 Å². The summed E-state index contributed by atoms with van der Waals surface area (Å²) in [5.74, 6) is 0. The van der Waals surface area contributed by atoms with Crippen molar-refractivity contribution in [2.75, 3.05) is 0 Å². The first-order valence-corrected chi connectivity index (χ1v) is 3.05. The maximum Gasteiger partial charge on any atom is 0.0262 e. The van der Waals surface area contributed by atoms with Gasteiger partial charge in [0.1, 0.15) is 0 Å². The number of hydrogen-bond acceptors (Lipinski definition) is 1. The van der Waals surface area contributed by atoms with E-state index in [0.29, 0.717) is 0 Å². The molecule has 0 atom stereocenters. The molecule has 2 heteroatoms. The average molecular weight is 128 g/mol. The maximum atomic E-state index is 2.14. The fourth-order valence-electron chi connectivity index (χ4n) is 0.611. The molecule has 0 bridgehead atoms. The van der Waals surface area contributed by atoms with E-state index < -0.39 is 0 Å². The van der Waals surface area contributed by atoms with Crippen LogP contribution < -0.4 is 0 Å². The molecule has 0 nitrogen and oxygen atoms in total. The fourth-order valence-corrected chi connectivity index (χ4v) is 1.23. The van der Waals surface area contributed by atoms with Crippen molar-refractivity contribution in [3.8, 4) is 0 Å². The van der Waals surface area contributed by atoms with Crippen LogP contribution in [0.25, 0.3) is 0 Å². The van der Waals surface area contributed by atoms with E-state index in [1.807, 2.05) is 11.8 Å². The van der Waals surface area contributed by atoms with Crippen molar-refractivity contribution in [2.24, 2.45) is 0 Å². The molecule has 1 heterocycles. The van der Waals surface area contributed by atoms with Crippen LogP contribution in [-0.4, -0.2) is 0 Å². The van der Waals surface area contributed by atoms with Gasteiger partial charge in [0, 0.05) is 9.79 Å². The predicted molar refractivity (Wildman–Crippen MR) is 33.1 cm³/mol. The molecule has 0 aliphatic carbocycles. The molecule has 0 fully saturated rings. The van der Waals surface area contributed by atoms with Crippen LogP contribution in [0, 0.1) is 0 Å². The zero-order chi connectivity index (χ0) is 4.69. The van der Waals surface area contributed by atoms with Crippen molar-refractivity contribution >= 4 is 11.8 Å². The number of benzene rings is 1. The molecule has 1 aliphatic heterocycles. The second-order valence-corrected chi connectivity index (χ2v) is 2.63. The Bertz CT molecular complexity index is 176. The Kier molecular flexibility index (Phi) is 1.26. The number of halogens is 1. The third-order valence-corrected chi connectivity index (χ3v) is 1.98. The molecule has 1 aromatic rings. The molecule has 0 spiro atoms. The minimum Gasteiger partial charge on any atom is -0.269 e. The van der Waals surface area contributed by atoms with Gasteiger partial charge in [-0.25, -0.2) is 0 Å². The highest BCUT2D eigenvalue weighted by Crippen LogP contribution is 2.47. The average Bonchev–Trinajstić information content (AvgIpc) is 2.41. The van der Waals surface area contributed by atoms with Crippen molar-refractivity contribution in [1.29, 1.82) is 0 Å². The Morgan fingerprint density at radius 2 is 1.50 bits per heavy atom. The lowest BCUT2D eigenvalue weighted by Gasteiger charge is -1.66. The fraction of sp³-hybridized carbons (Fsp3) is 0. The topological polar surface area (TPSA) is 0 Å². The lowest BCUT2D eigenvalue weighted by Crippen LogP contribution is -1.46. The van der Waals surface area contributed by atoms with Crippen molar-refractivity contribution < 1.29 is 4.70 Å². The molecule has 0 N–H and O–H groups in total. The summed E-state index contributed by atoms with van der Waals surface area (Å²) in [6.45, 7) is 0. The van der Waals surface area contributed by atoms with Crippen LogP contribution in [0.4, 0.5) is 4.70 Å². The van der Waals surface area contributed by atoms with E-state index in [0.717, 1.165) is 0 Å². The summed E-state index contributed by atoms with van der Waals surface area (Å²) in [6.07, 6.45) is 0. The summed E-state index contributed by atoms with van der Waals surface area (Å²) in [4.78, 5) is 2.89. The van der Waals surface area contributed by atoms with E-state index in [4.69, 9.17) is 0 Å². The summed E-state index contributed by atoms with van der Waals surface area (Å²) < 4.78 is 0. The summed E-state index contributed by atoms with van der Waals surface area (Å²) in [7, 11) is 0. The van der Waals surface area contributed by atoms with E-state index in [2.05, 4.69) is 24.3 Å². The molecule has 1 aromatic carbocycles. The van der Waals surface area contributed by atoms with Crippen LogP contribution in [0.3, 0.4) is 0 Å². The molecule has 8 heavy (non-hydrogen) atoms. The van der Waals surface area contributed by atoms with Gasteiger partial charge in [-0.05, 0) is 12.1 Å². The SMILES string of the molecule is F.c1ccc2c(c1)S2. The van der Waals surface area contributed by atoms with Gasteiger partial charge in [-0.15, -0.1) is 0 Å². The van der Waals surface area contributed by atoms with Gasteiger partial charge in [-0.2, -0.15) is 0 Å². The quantitative estimate of drug-likeness (QED) is 0.490. The Morgan fingerprint density at radius 1 is 1.00 bits per heavy atom. The molecule has 0 saturated carbocycles. The summed E-state index contributed by atoms with van der Waals surface area (Å²) >= 11 is 1.86. The summed E-state index contributed by atoms with van der Waals surface area (Å²) in [6, 6.07) is 8.41. The Labute approximate surface area is 51.3 Å². The largest absolute Gasteiger partial charge is 0.269 e. The van der Waals surface area contributed by atoms with Crippen LogP contribution in [0.1, 0.15) is 0 Å². The minimum atomic E-state index is 0. The van der Waals surface area contributed by atoms with E-state index >= 15 is 0 Å². The normalized spacial score (nSPS) is 11.5. The maximum absolute atomic E-state index is 2.14. The van der Waals surface area contributed by atoms with E-state index in [1.165, 1.54) is 9.79 Å². The third kappa shape index (κ3) is 0.713. The highest BCUT2D eigenvalue weighted by molar-refractivity contribution is 8.04. The van der Waals surface area contributed by atoms with Gasteiger partial charge in [0.15, 0.2) is 0 Å². The molecule has 0 amide bonds. The zero-order valence-electron chi connectivity index (χ0n) is 4.13. The van der Waals surface area contributed by atoms with Gasteiger partial charge in [0.25, 0.3) is 0 Å². The standard InChI is InChI=1S/C6H4S.FH/c1-2-4-6-5(3-1)7-6;/h1-4H;1H. The first-order valence-electron chi connectivity index (χ1n) is 2.24. The van der Waals surface area contributed by atoms with E-state index in [-0.39, 0.29) is 4.70 Å². The van der Waals surface area contributed by atoms with Gasteiger partial charge in [0.2, 0.25) is 0 Å². The van der Waals surface area contributed by atoms with Crippen LogP contribution >= 0.6 is 11.8 Å². The lowest BCUT2D eigenvalue weighted by atomic mass is 10.4. The van der Waals surface area contributed by atoms with Gasteiger partial charge in [-0.1, -0.05) is 23.9 Å². The Hall–Kier alpha value is -0.500. The zero-order valence-corrected chi connectivity index (χ0v) is 4.94. The Balaban J connectivity index is 0.000000320. The molecule has 0 radical (unpaired) electrons. The smallest absolute Gasteiger partial charge is 0.0262 e. The molecule has 0 unspecified atom stereocenters. The molecule has 1 aliphatic rings. The van der Waals surface area contributed by atoms with Crippen LogP contribution in [0.2, 0.25) is 0 Å². The molecule has 0 saturated heterocycles. The van der Waals surface area contributed by atoms with Gasteiger partial charge < -0.3 is 0 Å². The van der Waals surface area contributed by atoms with Gasteiger partial charge >= 0.3 is 0 Å². The molecular weight excluding hydrogens is 123 g/mol. The predicted octanol–water partition coefficient (Wildman–Crippen LogP) is 2.30. The molecular formula is C6H5FS. The summed E-state index contributed by atoms with van der Waals surface area (Å²) in [5, 5.41) is 0. The van der Waals surface area contributed by atoms with Crippen molar-refractivity contribution in [3.63, 3.8) is 0 Å². The highest BCUT2D eigenvalue weighted by Gasteiger charge is 2.14. The number of hydrogen-bond donors (Lipinski definition) is 0. The van der Waals surface area contributed by atoms with E-state index in [1.54, 1.807) is 0 Å². The first-order chi connectivity index (χ1) is 3.47. The second-order valence-electron chi connectivity index (χ2n) is 1.55. The van der Waals surface area contributed by atoms with Crippen LogP contribution in [0.15, 0.2) is 34.1 Å². The van der Waals surface area contributed by atoms with Crippen molar-refractivity contribution in [2.45, 2.75) is 9.79 Å². The molecule has 2 rings (SSSR count).